The number of nitrogens with zero attached hydrogens (tertiary/aromatic N) is 1. The van der Waals surface area contributed by atoms with Crippen LogP contribution in [0.3, 0.4) is 0 Å². The van der Waals surface area contributed by atoms with Gasteiger partial charge in [0, 0.05) is 17.1 Å². The van der Waals surface area contributed by atoms with Crippen LogP contribution in [0.25, 0.3) is 0 Å². The van der Waals surface area contributed by atoms with E-state index < -0.39 is 0 Å². The zero-order chi connectivity index (χ0) is 18.5. The Bertz CT molecular complexity index is 781. The van der Waals surface area contributed by atoms with Gasteiger partial charge in [0.2, 0.25) is 5.91 Å². The van der Waals surface area contributed by atoms with Crippen molar-refractivity contribution in [2.75, 3.05) is 32.6 Å². The van der Waals surface area contributed by atoms with Crippen LogP contribution in [0.2, 0.25) is 5.02 Å². The summed E-state index contributed by atoms with van der Waals surface area (Å²) in [4.78, 5) is 14.8. The van der Waals surface area contributed by atoms with Gasteiger partial charge in [-0.1, -0.05) is 23.7 Å². The molecule has 6 heteroatoms. The number of carbonyl (C=O) groups excluding carboxylic acids is 1. The van der Waals surface area contributed by atoms with Gasteiger partial charge in [-0.3, -0.25) is 9.69 Å². The van der Waals surface area contributed by atoms with Crippen LogP contribution in [0.15, 0.2) is 42.5 Å². The van der Waals surface area contributed by atoms with Gasteiger partial charge in [-0.15, -0.1) is 0 Å². The predicted molar refractivity (Wildman–Crippen MR) is 103 cm³/mol. The average molecular weight is 375 g/mol. The van der Waals surface area contributed by atoms with Gasteiger partial charge in [-0.05, 0) is 49.2 Å². The summed E-state index contributed by atoms with van der Waals surface area (Å²) in [6.45, 7) is 1.21. The number of methoxy groups -OCH3 is 2. The minimum absolute atomic E-state index is 0.0783. The average Bonchev–Trinajstić information content (AvgIpc) is 3.09. The van der Waals surface area contributed by atoms with Gasteiger partial charge in [-0.2, -0.15) is 0 Å². The number of carbonyl (C=O) groups is 1. The first-order valence-corrected chi connectivity index (χ1v) is 9.00. The summed E-state index contributed by atoms with van der Waals surface area (Å²) in [5.41, 5.74) is 1.76. The maximum absolute atomic E-state index is 12.6. The van der Waals surface area contributed by atoms with E-state index in [1.165, 1.54) is 0 Å². The number of rotatable bonds is 6. The molecule has 0 saturated carbocycles. The van der Waals surface area contributed by atoms with Gasteiger partial charge in [0.25, 0.3) is 0 Å². The van der Waals surface area contributed by atoms with Crippen LogP contribution in [-0.4, -0.2) is 38.1 Å². The first kappa shape index (κ1) is 18.5. The van der Waals surface area contributed by atoms with Gasteiger partial charge < -0.3 is 14.8 Å². The Morgan fingerprint density at radius 3 is 2.81 bits per heavy atom. The summed E-state index contributed by atoms with van der Waals surface area (Å²) in [5.74, 6) is 1.19. The molecule has 1 aliphatic rings. The molecule has 5 nitrogen and oxygen atoms in total. The predicted octanol–water partition coefficient (Wildman–Crippen LogP) is 4.13. The lowest BCUT2D eigenvalue weighted by molar-refractivity contribution is -0.117. The second-order valence-corrected chi connectivity index (χ2v) is 6.73. The number of ether oxygens (including phenoxy) is 2. The summed E-state index contributed by atoms with van der Waals surface area (Å²) in [7, 11) is 3.17. The first-order chi connectivity index (χ1) is 12.6. The molecule has 1 amide bonds. The van der Waals surface area contributed by atoms with Crippen LogP contribution in [0.5, 0.6) is 11.5 Å². The smallest absolute Gasteiger partial charge is 0.238 e. The number of anilines is 1. The second kappa shape index (κ2) is 8.43. The number of likely N-dealkylation sites (tertiary alicyclic amines) is 1. The molecule has 1 atom stereocenters. The van der Waals surface area contributed by atoms with Crippen molar-refractivity contribution >= 4 is 23.2 Å². The Balaban J connectivity index is 1.69. The van der Waals surface area contributed by atoms with Crippen LogP contribution in [0.4, 0.5) is 5.69 Å². The number of halogens is 1. The number of benzene rings is 2. The van der Waals surface area contributed by atoms with E-state index in [0.717, 1.165) is 30.0 Å². The summed E-state index contributed by atoms with van der Waals surface area (Å²) in [6, 6.07) is 13.4. The molecule has 0 aromatic heterocycles. The third kappa shape index (κ3) is 4.29. The monoisotopic (exact) mass is 374 g/mol. The van der Waals surface area contributed by atoms with E-state index in [1.54, 1.807) is 32.4 Å². The lowest BCUT2D eigenvalue weighted by Gasteiger charge is -2.24. The molecule has 0 bridgehead atoms. The Morgan fingerprint density at radius 2 is 2.08 bits per heavy atom. The van der Waals surface area contributed by atoms with Crippen LogP contribution >= 0.6 is 11.6 Å². The summed E-state index contributed by atoms with van der Waals surface area (Å²) >= 11 is 6.12. The lowest BCUT2D eigenvalue weighted by Crippen LogP contribution is -2.33. The SMILES string of the molecule is COc1ccc(OC)c(NC(=O)CN2CCCC2c2cccc(Cl)c2)c1. The summed E-state index contributed by atoms with van der Waals surface area (Å²) < 4.78 is 10.5. The fourth-order valence-corrected chi connectivity index (χ4v) is 3.59. The number of hydrogen-bond acceptors (Lipinski definition) is 4. The van der Waals surface area contributed by atoms with Crippen molar-refractivity contribution < 1.29 is 14.3 Å². The molecule has 1 saturated heterocycles. The van der Waals surface area contributed by atoms with Gasteiger partial charge in [0.1, 0.15) is 11.5 Å². The Kier molecular flexibility index (Phi) is 6.01. The zero-order valence-electron chi connectivity index (χ0n) is 15.0. The highest BCUT2D eigenvalue weighted by Gasteiger charge is 2.27. The Morgan fingerprint density at radius 1 is 1.23 bits per heavy atom. The molecule has 3 rings (SSSR count). The molecule has 2 aromatic rings. The Hall–Kier alpha value is -2.24. The molecule has 2 aromatic carbocycles. The molecule has 1 aliphatic heterocycles. The van der Waals surface area contributed by atoms with E-state index in [-0.39, 0.29) is 11.9 Å². The van der Waals surface area contributed by atoms with Crippen LogP contribution in [-0.2, 0) is 4.79 Å². The van der Waals surface area contributed by atoms with Crippen molar-refractivity contribution in [3.8, 4) is 11.5 Å². The maximum Gasteiger partial charge on any atom is 0.238 e. The van der Waals surface area contributed by atoms with Crippen molar-refractivity contribution in [1.29, 1.82) is 0 Å². The van der Waals surface area contributed by atoms with Crippen molar-refractivity contribution in [2.45, 2.75) is 18.9 Å². The van der Waals surface area contributed by atoms with Crippen molar-refractivity contribution in [1.82, 2.24) is 4.90 Å². The van der Waals surface area contributed by atoms with E-state index in [9.17, 15) is 4.79 Å². The van der Waals surface area contributed by atoms with Crippen LogP contribution in [0.1, 0.15) is 24.4 Å². The molecule has 26 heavy (non-hydrogen) atoms. The molecule has 0 spiro atoms. The molecule has 1 N–H and O–H groups in total. The molecular weight excluding hydrogens is 352 g/mol. The van der Waals surface area contributed by atoms with E-state index in [2.05, 4.69) is 16.3 Å². The fourth-order valence-electron chi connectivity index (χ4n) is 3.39. The molecule has 138 valence electrons. The van der Waals surface area contributed by atoms with Gasteiger partial charge in [0.15, 0.2) is 0 Å². The van der Waals surface area contributed by atoms with Crippen molar-refractivity contribution in [3.05, 3.63) is 53.1 Å². The molecule has 1 unspecified atom stereocenters. The topological polar surface area (TPSA) is 50.8 Å². The number of nitrogens with one attached hydrogen (secondary N) is 1. The van der Waals surface area contributed by atoms with Crippen LogP contribution < -0.4 is 14.8 Å². The minimum atomic E-state index is -0.0783. The molecule has 1 fully saturated rings. The Labute approximate surface area is 158 Å². The highest BCUT2D eigenvalue weighted by molar-refractivity contribution is 6.30. The third-order valence-electron chi connectivity index (χ3n) is 4.62. The van der Waals surface area contributed by atoms with Gasteiger partial charge in [0.05, 0.1) is 26.5 Å². The second-order valence-electron chi connectivity index (χ2n) is 6.30. The highest BCUT2D eigenvalue weighted by Crippen LogP contribution is 2.33. The third-order valence-corrected chi connectivity index (χ3v) is 4.86. The van der Waals surface area contributed by atoms with Crippen LogP contribution in [0, 0.1) is 0 Å². The molecule has 1 heterocycles. The minimum Gasteiger partial charge on any atom is -0.497 e. The van der Waals surface area contributed by atoms with E-state index in [4.69, 9.17) is 21.1 Å². The lowest BCUT2D eigenvalue weighted by atomic mass is 10.0. The number of hydrogen-bond donors (Lipinski definition) is 1. The first-order valence-electron chi connectivity index (χ1n) is 8.62. The highest BCUT2D eigenvalue weighted by atomic mass is 35.5. The summed E-state index contributed by atoms with van der Waals surface area (Å²) in [6.07, 6.45) is 2.09. The van der Waals surface area contributed by atoms with Gasteiger partial charge in [-0.25, -0.2) is 0 Å². The van der Waals surface area contributed by atoms with Gasteiger partial charge >= 0.3 is 0 Å². The summed E-state index contributed by atoms with van der Waals surface area (Å²) in [5, 5.41) is 3.66. The molecule has 0 aliphatic carbocycles. The van der Waals surface area contributed by atoms with Crippen molar-refractivity contribution in [3.63, 3.8) is 0 Å². The fraction of sp³-hybridized carbons (Fsp3) is 0.350. The van der Waals surface area contributed by atoms with Crippen molar-refractivity contribution in [2.24, 2.45) is 0 Å². The molecule has 0 radical (unpaired) electrons. The maximum atomic E-state index is 12.6. The zero-order valence-corrected chi connectivity index (χ0v) is 15.8. The number of amides is 1. The van der Waals surface area contributed by atoms with E-state index >= 15 is 0 Å². The largest absolute Gasteiger partial charge is 0.497 e. The van der Waals surface area contributed by atoms with E-state index in [0.29, 0.717) is 23.7 Å². The quantitative estimate of drug-likeness (QED) is 0.825. The molecular formula is C20H23ClN2O3. The van der Waals surface area contributed by atoms with E-state index in [1.807, 2.05) is 18.2 Å². The normalized spacial score (nSPS) is 17.1. The standard InChI is InChI=1S/C20H23ClN2O3/c1-25-16-8-9-19(26-2)17(12-16)22-20(24)13-23-10-4-7-18(23)14-5-3-6-15(21)11-14/h3,5-6,8-9,11-12,18H,4,7,10,13H2,1-2H3,(H,22,24).